The highest BCUT2D eigenvalue weighted by Crippen LogP contribution is 2.31. The van der Waals surface area contributed by atoms with Gasteiger partial charge in [-0.1, -0.05) is 6.92 Å². The van der Waals surface area contributed by atoms with Crippen LogP contribution >= 0.6 is 0 Å². The SMILES string of the molecule is CCCn1cc(N)cc1C(=O)NC1(C)CCC1. The van der Waals surface area contributed by atoms with Crippen molar-refractivity contribution in [1.29, 1.82) is 0 Å². The molecule has 3 N–H and O–H groups in total. The molecule has 0 bridgehead atoms. The number of aryl methyl sites for hydroxylation is 1. The predicted molar refractivity (Wildman–Crippen MR) is 68.9 cm³/mol. The third-order valence-electron chi connectivity index (χ3n) is 3.49. The van der Waals surface area contributed by atoms with Gasteiger partial charge in [0.25, 0.3) is 5.91 Å². The molecule has 17 heavy (non-hydrogen) atoms. The number of aromatic nitrogens is 1. The molecule has 4 heteroatoms. The first-order valence-corrected chi connectivity index (χ1v) is 6.32. The lowest BCUT2D eigenvalue weighted by Crippen LogP contribution is -2.51. The molecule has 0 radical (unpaired) electrons. The molecule has 0 unspecified atom stereocenters. The molecule has 1 aliphatic rings. The summed E-state index contributed by atoms with van der Waals surface area (Å²) in [5.41, 5.74) is 7.08. The molecule has 2 rings (SSSR count). The van der Waals surface area contributed by atoms with Crippen molar-refractivity contribution < 1.29 is 4.79 Å². The van der Waals surface area contributed by atoms with E-state index >= 15 is 0 Å². The number of hydrogen-bond acceptors (Lipinski definition) is 2. The van der Waals surface area contributed by atoms with E-state index in [9.17, 15) is 4.79 Å². The van der Waals surface area contributed by atoms with Crippen LogP contribution in [0.5, 0.6) is 0 Å². The Morgan fingerprint density at radius 3 is 2.82 bits per heavy atom. The summed E-state index contributed by atoms with van der Waals surface area (Å²) in [5, 5.41) is 3.11. The van der Waals surface area contributed by atoms with Crippen LogP contribution in [0.3, 0.4) is 0 Å². The van der Waals surface area contributed by atoms with Crippen molar-refractivity contribution in [2.24, 2.45) is 0 Å². The van der Waals surface area contributed by atoms with Gasteiger partial charge in [0.15, 0.2) is 0 Å². The van der Waals surface area contributed by atoms with Crippen LogP contribution in [-0.2, 0) is 6.54 Å². The van der Waals surface area contributed by atoms with Crippen LogP contribution in [-0.4, -0.2) is 16.0 Å². The summed E-state index contributed by atoms with van der Waals surface area (Å²) in [6, 6.07) is 1.76. The van der Waals surface area contributed by atoms with Gasteiger partial charge in [-0.25, -0.2) is 0 Å². The van der Waals surface area contributed by atoms with E-state index in [0.29, 0.717) is 11.4 Å². The highest BCUT2D eigenvalue weighted by Gasteiger charge is 2.33. The molecule has 4 nitrogen and oxygen atoms in total. The van der Waals surface area contributed by atoms with Crippen LogP contribution in [0, 0.1) is 0 Å². The van der Waals surface area contributed by atoms with Gasteiger partial charge in [-0.3, -0.25) is 4.79 Å². The summed E-state index contributed by atoms with van der Waals surface area (Å²) in [5.74, 6) is -0.00245. The molecule has 1 aliphatic carbocycles. The monoisotopic (exact) mass is 235 g/mol. The fourth-order valence-corrected chi connectivity index (χ4v) is 2.32. The lowest BCUT2D eigenvalue weighted by molar-refractivity contribution is 0.0840. The van der Waals surface area contributed by atoms with E-state index in [-0.39, 0.29) is 11.4 Å². The number of rotatable bonds is 4. The zero-order chi connectivity index (χ0) is 12.5. The number of nitrogen functional groups attached to an aromatic ring is 1. The molecule has 0 spiro atoms. The molecule has 1 aromatic rings. The minimum atomic E-state index is -0.00679. The van der Waals surface area contributed by atoms with E-state index in [2.05, 4.69) is 19.2 Å². The first-order valence-electron chi connectivity index (χ1n) is 6.32. The van der Waals surface area contributed by atoms with Crippen LogP contribution in [0.15, 0.2) is 12.3 Å². The topological polar surface area (TPSA) is 60.0 Å². The summed E-state index contributed by atoms with van der Waals surface area (Å²) in [6.45, 7) is 5.02. The van der Waals surface area contributed by atoms with Crippen LogP contribution < -0.4 is 11.1 Å². The standard InChI is InChI=1S/C13H21N3O/c1-3-7-16-9-10(14)8-11(16)12(17)15-13(2)5-4-6-13/h8-9H,3-7,14H2,1-2H3,(H,15,17). The van der Waals surface area contributed by atoms with Gasteiger partial charge in [-0.2, -0.15) is 0 Å². The number of nitrogens with two attached hydrogens (primary N) is 1. The number of carbonyl (C=O) groups is 1. The largest absolute Gasteiger partial charge is 0.397 e. The summed E-state index contributed by atoms with van der Waals surface area (Å²) in [7, 11) is 0. The summed E-state index contributed by atoms with van der Waals surface area (Å²) in [4.78, 5) is 12.2. The number of nitrogens with zero attached hydrogens (tertiary/aromatic N) is 1. The predicted octanol–water partition coefficient (Wildman–Crippen LogP) is 2.15. The highest BCUT2D eigenvalue weighted by atomic mass is 16.2. The number of anilines is 1. The number of carbonyl (C=O) groups excluding carboxylic acids is 1. The van der Waals surface area contributed by atoms with E-state index < -0.39 is 0 Å². The minimum absolute atomic E-state index is 0.00245. The number of amides is 1. The number of nitrogens with one attached hydrogen (secondary N) is 1. The Morgan fingerprint density at radius 2 is 2.29 bits per heavy atom. The Labute approximate surface area is 102 Å². The lowest BCUT2D eigenvalue weighted by atomic mass is 9.78. The molecule has 94 valence electrons. The van der Waals surface area contributed by atoms with E-state index in [0.717, 1.165) is 25.8 Å². The first kappa shape index (κ1) is 12.0. The highest BCUT2D eigenvalue weighted by molar-refractivity contribution is 5.94. The van der Waals surface area contributed by atoms with E-state index in [4.69, 9.17) is 5.73 Å². The molecule has 1 aromatic heterocycles. The van der Waals surface area contributed by atoms with Gasteiger partial charge in [0.2, 0.25) is 0 Å². The quantitative estimate of drug-likeness (QED) is 0.840. The summed E-state index contributed by atoms with van der Waals surface area (Å²) < 4.78 is 1.94. The smallest absolute Gasteiger partial charge is 0.268 e. The molecule has 0 saturated heterocycles. The van der Waals surface area contributed by atoms with Gasteiger partial charge >= 0.3 is 0 Å². The molecule has 1 fully saturated rings. The van der Waals surface area contributed by atoms with Gasteiger partial charge in [0.1, 0.15) is 5.69 Å². The van der Waals surface area contributed by atoms with Gasteiger partial charge in [-0.15, -0.1) is 0 Å². The van der Waals surface area contributed by atoms with Crippen LogP contribution in [0.25, 0.3) is 0 Å². The molecular formula is C13H21N3O. The Bertz CT molecular complexity index is 418. The van der Waals surface area contributed by atoms with Crippen LogP contribution in [0.2, 0.25) is 0 Å². The molecular weight excluding hydrogens is 214 g/mol. The van der Waals surface area contributed by atoms with Crippen molar-refractivity contribution in [3.63, 3.8) is 0 Å². The van der Waals surface area contributed by atoms with Crippen molar-refractivity contribution in [1.82, 2.24) is 9.88 Å². The van der Waals surface area contributed by atoms with Crippen molar-refractivity contribution in [3.8, 4) is 0 Å². The maximum atomic E-state index is 12.2. The fourth-order valence-electron chi connectivity index (χ4n) is 2.32. The maximum absolute atomic E-state index is 12.2. The maximum Gasteiger partial charge on any atom is 0.268 e. The zero-order valence-electron chi connectivity index (χ0n) is 10.6. The Balaban J connectivity index is 2.12. The van der Waals surface area contributed by atoms with Crippen molar-refractivity contribution in [2.45, 2.75) is 51.6 Å². The Morgan fingerprint density at radius 1 is 1.59 bits per heavy atom. The molecule has 1 heterocycles. The third-order valence-corrected chi connectivity index (χ3v) is 3.49. The second-order valence-corrected chi connectivity index (χ2v) is 5.22. The average molecular weight is 235 g/mol. The van der Waals surface area contributed by atoms with E-state index in [1.165, 1.54) is 6.42 Å². The second kappa shape index (κ2) is 4.43. The van der Waals surface area contributed by atoms with Crippen molar-refractivity contribution >= 4 is 11.6 Å². The molecule has 0 aromatic carbocycles. The van der Waals surface area contributed by atoms with Gasteiger partial charge in [0.05, 0.1) is 5.69 Å². The lowest BCUT2D eigenvalue weighted by Gasteiger charge is -2.39. The fraction of sp³-hybridized carbons (Fsp3) is 0.615. The number of hydrogen-bond donors (Lipinski definition) is 2. The molecule has 0 atom stereocenters. The average Bonchev–Trinajstić information content (AvgIpc) is 2.58. The van der Waals surface area contributed by atoms with Gasteiger partial charge in [-0.05, 0) is 38.7 Å². The summed E-state index contributed by atoms with van der Waals surface area (Å²) in [6.07, 6.45) is 6.17. The van der Waals surface area contributed by atoms with E-state index in [1.54, 1.807) is 6.07 Å². The van der Waals surface area contributed by atoms with Crippen LogP contribution in [0.4, 0.5) is 5.69 Å². The Hall–Kier alpha value is -1.45. The van der Waals surface area contributed by atoms with Crippen LogP contribution in [0.1, 0.15) is 50.0 Å². The molecule has 1 saturated carbocycles. The second-order valence-electron chi connectivity index (χ2n) is 5.22. The van der Waals surface area contributed by atoms with Crippen molar-refractivity contribution in [2.75, 3.05) is 5.73 Å². The Kier molecular flexibility index (Phi) is 3.13. The van der Waals surface area contributed by atoms with Crippen molar-refractivity contribution in [3.05, 3.63) is 18.0 Å². The zero-order valence-corrected chi connectivity index (χ0v) is 10.6. The van der Waals surface area contributed by atoms with Gasteiger partial charge < -0.3 is 15.6 Å². The van der Waals surface area contributed by atoms with E-state index in [1.807, 2.05) is 10.8 Å². The molecule has 0 aliphatic heterocycles. The molecule has 1 amide bonds. The normalized spacial score (nSPS) is 17.5. The summed E-state index contributed by atoms with van der Waals surface area (Å²) >= 11 is 0. The third kappa shape index (κ3) is 2.46. The minimum Gasteiger partial charge on any atom is -0.397 e. The van der Waals surface area contributed by atoms with Gasteiger partial charge in [0, 0.05) is 18.3 Å². The first-order chi connectivity index (χ1) is 8.04.